The van der Waals surface area contributed by atoms with Gasteiger partial charge in [-0.1, -0.05) is 23.2 Å². The van der Waals surface area contributed by atoms with Gasteiger partial charge in [0.2, 0.25) is 0 Å². The lowest BCUT2D eigenvalue weighted by Gasteiger charge is -2.05. The summed E-state index contributed by atoms with van der Waals surface area (Å²) in [7, 11) is 0. The smallest absolute Gasteiger partial charge is 0.265 e. The summed E-state index contributed by atoms with van der Waals surface area (Å²) in [5, 5.41) is 3.64. The first-order valence-corrected chi connectivity index (χ1v) is 6.67. The molecule has 2 aromatic rings. The number of nitrogen functional groups attached to an aromatic ring is 1. The number of anilines is 2. The lowest BCUT2D eigenvalue weighted by molar-refractivity contribution is 0.103. The highest BCUT2D eigenvalue weighted by molar-refractivity contribution is 7.14. The van der Waals surface area contributed by atoms with Gasteiger partial charge in [0.1, 0.15) is 0 Å². The van der Waals surface area contributed by atoms with Crippen LogP contribution >= 0.6 is 34.5 Å². The summed E-state index contributed by atoms with van der Waals surface area (Å²) in [6.07, 6.45) is 0. The predicted molar refractivity (Wildman–Crippen MR) is 77.9 cm³/mol. The maximum atomic E-state index is 12.0. The maximum absolute atomic E-state index is 12.0. The van der Waals surface area contributed by atoms with Crippen molar-refractivity contribution >= 4 is 51.8 Å². The molecule has 18 heavy (non-hydrogen) atoms. The number of hydrogen-bond donors (Lipinski definition) is 2. The Balaban J connectivity index is 2.21. The van der Waals surface area contributed by atoms with Crippen LogP contribution in [0, 0.1) is 6.92 Å². The molecule has 0 aliphatic heterocycles. The highest BCUT2D eigenvalue weighted by atomic mass is 35.5. The Morgan fingerprint density at radius 3 is 2.61 bits per heavy atom. The molecule has 1 aromatic carbocycles. The fourth-order valence-corrected chi connectivity index (χ4v) is 2.67. The predicted octanol–water partition coefficient (Wildman–Crippen LogP) is 4.20. The Bertz CT molecular complexity index is 591. The summed E-state index contributed by atoms with van der Waals surface area (Å²) in [5.74, 6) is -0.232. The molecule has 0 bridgehead atoms. The molecule has 1 heterocycles. The largest absolute Gasteiger partial charge is 0.398 e. The average molecular weight is 301 g/mol. The summed E-state index contributed by atoms with van der Waals surface area (Å²) >= 11 is 13.1. The van der Waals surface area contributed by atoms with Crippen LogP contribution in [-0.4, -0.2) is 5.91 Å². The van der Waals surface area contributed by atoms with Crippen LogP contribution in [0.15, 0.2) is 24.3 Å². The Kier molecular flexibility index (Phi) is 3.80. The van der Waals surface area contributed by atoms with E-state index >= 15 is 0 Å². The van der Waals surface area contributed by atoms with Gasteiger partial charge < -0.3 is 11.1 Å². The van der Waals surface area contributed by atoms with Crippen LogP contribution in [0.2, 0.25) is 10.0 Å². The molecule has 0 spiro atoms. The van der Waals surface area contributed by atoms with Crippen molar-refractivity contribution < 1.29 is 4.79 Å². The van der Waals surface area contributed by atoms with Gasteiger partial charge >= 0.3 is 0 Å². The van der Waals surface area contributed by atoms with E-state index in [2.05, 4.69) is 5.32 Å². The quantitative estimate of drug-likeness (QED) is 0.873. The van der Waals surface area contributed by atoms with E-state index in [9.17, 15) is 4.79 Å². The van der Waals surface area contributed by atoms with Crippen molar-refractivity contribution in [1.82, 2.24) is 0 Å². The molecular formula is C12H10Cl2N2OS. The number of thiophene rings is 1. The van der Waals surface area contributed by atoms with Crippen molar-refractivity contribution in [2.24, 2.45) is 0 Å². The van der Waals surface area contributed by atoms with Gasteiger partial charge in [0, 0.05) is 15.6 Å². The Hall–Kier alpha value is -1.23. The fourth-order valence-electron chi connectivity index (χ4n) is 1.38. The van der Waals surface area contributed by atoms with Crippen molar-refractivity contribution in [3.05, 3.63) is 44.1 Å². The molecule has 0 aliphatic rings. The lowest BCUT2D eigenvalue weighted by atomic mass is 10.3. The third kappa shape index (κ3) is 2.77. The van der Waals surface area contributed by atoms with E-state index in [1.165, 1.54) is 11.3 Å². The maximum Gasteiger partial charge on any atom is 0.265 e. The number of carbonyl (C=O) groups is 1. The van der Waals surface area contributed by atoms with Gasteiger partial charge in [-0.3, -0.25) is 4.79 Å². The Labute approximate surface area is 119 Å². The first kappa shape index (κ1) is 13.2. The van der Waals surface area contributed by atoms with Crippen molar-refractivity contribution in [1.29, 1.82) is 0 Å². The average Bonchev–Trinajstić information content (AvgIpc) is 2.63. The number of nitrogens with two attached hydrogens (primary N) is 1. The molecule has 3 N–H and O–H groups in total. The molecule has 0 saturated carbocycles. The standard InChI is InChI=1S/C12H10Cl2N2OS/c1-6-9(15)5-11(18-6)12(17)16-10-3-2-7(13)4-8(10)14/h2-5H,15H2,1H3,(H,16,17). The van der Waals surface area contributed by atoms with Crippen LogP contribution in [0.4, 0.5) is 11.4 Å². The number of rotatable bonds is 2. The topological polar surface area (TPSA) is 55.1 Å². The molecule has 1 amide bonds. The summed E-state index contributed by atoms with van der Waals surface area (Å²) in [5.41, 5.74) is 6.85. The lowest BCUT2D eigenvalue weighted by Crippen LogP contribution is -2.10. The molecule has 1 aromatic heterocycles. The number of halogens is 2. The van der Waals surface area contributed by atoms with E-state index in [0.29, 0.717) is 26.3 Å². The molecule has 3 nitrogen and oxygen atoms in total. The second kappa shape index (κ2) is 5.18. The van der Waals surface area contributed by atoms with Gasteiger partial charge in [0.05, 0.1) is 15.6 Å². The van der Waals surface area contributed by atoms with Crippen LogP contribution in [0.5, 0.6) is 0 Å². The molecule has 0 atom stereocenters. The van der Waals surface area contributed by atoms with Crippen LogP contribution in [0.25, 0.3) is 0 Å². The van der Waals surface area contributed by atoms with Crippen LogP contribution in [0.1, 0.15) is 14.5 Å². The highest BCUT2D eigenvalue weighted by Crippen LogP contribution is 2.28. The van der Waals surface area contributed by atoms with Gasteiger partial charge in [0.25, 0.3) is 5.91 Å². The first-order valence-electron chi connectivity index (χ1n) is 5.09. The van der Waals surface area contributed by atoms with Crippen LogP contribution in [0.3, 0.4) is 0 Å². The molecule has 0 unspecified atom stereocenters. The molecule has 0 radical (unpaired) electrons. The SMILES string of the molecule is Cc1sc(C(=O)Nc2ccc(Cl)cc2Cl)cc1N. The Morgan fingerprint density at radius 2 is 2.06 bits per heavy atom. The Morgan fingerprint density at radius 1 is 1.33 bits per heavy atom. The van der Waals surface area contributed by atoms with E-state index in [0.717, 1.165) is 4.88 Å². The third-order valence-corrected chi connectivity index (χ3v) is 3.97. The normalized spacial score (nSPS) is 10.4. The summed E-state index contributed by atoms with van der Waals surface area (Å²) < 4.78 is 0. The monoisotopic (exact) mass is 300 g/mol. The van der Waals surface area contributed by atoms with Crippen LogP contribution < -0.4 is 11.1 Å². The summed E-state index contributed by atoms with van der Waals surface area (Å²) in [6.45, 7) is 1.87. The third-order valence-electron chi connectivity index (χ3n) is 2.36. The zero-order valence-corrected chi connectivity index (χ0v) is 11.8. The van der Waals surface area contributed by atoms with Gasteiger partial charge in [-0.25, -0.2) is 0 Å². The van der Waals surface area contributed by atoms with E-state index in [-0.39, 0.29) is 5.91 Å². The number of amides is 1. The minimum Gasteiger partial charge on any atom is -0.398 e. The van der Waals surface area contributed by atoms with Gasteiger partial charge in [-0.15, -0.1) is 11.3 Å². The molecular weight excluding hydrogens is 291 g/mol. The number of aryl methyl sites for hydroxylation is 1. The molecule has 0 aliphatic carbocycles. The number of carbonyl (C=O) groups excluding carboxylic acids is 1. The summed E-state index contributed by atoms with van der Waals surface area (Å²) in [6, 6.07) is 6.55. The molecule has 0 fully saturated rings. The van der Waals surface area contributed by atoms with E-state index in [1.54, 1.807) is 24.3 Å². The fraction of sp³-hybridized carbons (Fsp3) is 0.0833. The minimum absolute atomic E-state index is 0.232. The highest BCUT2D eigenvalue weighted by Gasteiger charge is 2.12. The number of benzene rings is 1. The van der Waals surface area contributed by atoms with Gasteiger partial charge in [0.15, 0.2) is 0 Å². The molecule has 6 heteroatoms. The molecule has 94 valence electrons. The van der Waals surface area contributed by atoms with E-state index in [1.807, 2.05) is 6.92 Å². The van der Waals surface area contributed by atoms with E-state index in [4.69, 9.17) is 28.9 Å². The number of nitrogens with one attached hydrogen (secondary N) is 1. The minimum atomic E-state index is -0.232. The van der Waals surface area contributed by atoms with Gasteiger partial charge in [-0.05, 0) is 31.2 Å². The van der Waals surface area contributed by atoms with Crippen molar-refractivity contribution in [2.45, 2.75) is 6.92 Å². The summed E-state index contributed by atoms with van der Waals surface area (Å²) in [4.78, 5) is 13.4. The van der Waals surface area contributed by atoms with Crippen molar-refractivity contribution in [3.63, 3.8) is 0 Å². The zero-order chi connectivity index (χ0) is 13.3. The van der Waals surface area contributed by atoms with Crippen LogP contribution in [-0.2, 0) is 0 Å². The van der Waals surface area contributed by atoms with Gasteiger partial charge in [-0.2, -0.15) is 0 Å². The second-order valence-corrected chi connectivity index (χ2v) is 5.80. The molecule has 0 saturated heterocycles. The van der Waals surface area contributed by atoms with E-state index < -0.39 is 0 Å². The number of hydrogen-bond acceptors (Lipinski definition) is 3. The second-order valence-electron chi connectivity index (χ2n) is 3.70. The van der Waals surface area contributed by atoms with Crippen molar-refractivity contribution in [2.75, 3.05) is 11.1 Å². The first-order chi connectivity index (χ1) is 8.47. The molecule has 2 rings (SSSR count). The van der Waals surface area contributed by atoms with Crippen molar-refractivity contribution in [3.8, 4) is 0 Å². The zero-order valence-electron chi connectivity index (χ0n) is 9.46.